The number of hydrogen-bond acceptors (Lipinski definition) is 9. The van der Waals surface area contributed by atoms with Gasteiger partial charge in [0.25, 0.3) is 17.7 Å². The van der Waals surface area contributed by atoms with E-state index in [0.29, 0.717) is 16.0 Å². The predicted octanol–water partition coefficient (Wildman–Crippen LogP) is 1.18. The molecule has 0 fully saturated rings. The van der Waals surface area contributed by atoms with E-state index < -0.39 is 23.8 Å². The highest BCUT2D eigenvalue weighted by Gasteiger charge is 2.26. The van der Waals surface area contributed by atoms with Crippen molar-refractivity contribution in [3.05, 3.63) is 75.5 Å². The number of aromatic nitrogens is 2. The molecule has 0 radical (unpaired) electrons. The monoisotopic (exact) mass is 497 g/mol. The fourth-order valence-corrected chi connectivity index (χ4v) is 4.01. The zero-order chi connectivity index (χ0) is 25.4. The summed E-state index contributed by atoms with van der Waals surface area (Å²) in [5, 5.41) is 17.3. The summed E-state index contributed by atoms with van der Waals surface area (Å²) in [6.07, 6.45) is 4.04. The molecule has 2 aromatic heterocycles. The number of benzene rings is 1. The molecule has 3 amide bonds. The van der Waals surface area contributed by atoms with E-state index in [1.165, 1.54) is 30.7 Å². The van der Waals surface area contributed by atoms with E-state index in [9.17, 15) is 24.3 Å². The van der Waals surface area contributed by atoms with Crippen molar-refractivity contribution in [3.63, 3.8) is 0 Å². The average molecular weight is 498 g/mol. The standard InChI is InChI=1S/C23H23N5O6S/c1-13-8-18(21(31)26-10-14-4-3-5-15(29)9-14)35-19(13)22(32)28-17(23(33)34-2)12-27-20(30)16-11-24-6-7-25-16/h3-9,11,17,29H,10,12H2,1-2H3,(H,26,31)(H,27,30)(H,28,32)/t17-/m0/s1. The zero-order valence-electron chi connectivity index (χ0n) is 18.9. The summed E-state index contributed by atoms with van der Waals surface area (Å²) >= 11 is 0.965. The lowest BCUT2D eigenvalue weighted by Gasteiger charge is -2.17. The Hall–Kier alpha value is -4.32. The lowest BCUT2D eigenvalue weighted by atomic mass is 10.2. The molecule has 1 atom stereocenters. The number of phenols is 1. The maximum atomic E-state index is 12.9. The molecule has 3 rings (SSSR count). The summed E-state index contributed by atoms with van der Waals surface area (Å²) in [6.45, 7) is 1.62. The van der Waals surface area contributed by atoms with E-state index in [0.717, 1.165) is 18.4 Å². The molecule has 182 valence electrons. The first-order chi connectivity index (χ1) is 16.8. The molecule has 4 N–H and O–H groups in total. The molecule has 12 heteroatoms. The number of nitrogens with zero attached hydrogens (tertiary/aromatic N) is 2. The van der Waals surface area contributed by atoms with Crippen LogP contribution in [0.15, 0.2) is 48.9 Å². The molecule has 35 heavy (non-hydrogen) atoms. The van der Waals surface area contributed by atoms with Crippen molar-refractivity contribution in [3.8, 4) is 5.75 Å². The van der Waals surface area contributed by atoms with Gasteiger partial charge in [-0.15, -0.1) is 11.3 Å². The van der Waals surface area contributed by atoms with Gasteiger partial charge in [-0.05, 0) is 36.2 Å². The smallest absolute Gasteiger partial charge is 0.330 e. The molecule has 0 saturated carbocycles. The van der Waals surface area contributed by atoms with Crippen LogP contribution in [0.3, 0.4) is 0 Å². The average Bonchev–Trinajstić information content (AvgIpc) is 3.26. The van der Waals surface area contributed by atoms with Gasteiger partial charge in [-0.25, -0.2) is 9.78 Å². The van der Waals surface area contributed by atoms with Gasteiger partial charge in [-0.3, -0.25) is 19.4 Å². The number of aromatic hydroxyl groups is 1. The van der Waals surface area contributed by atoms with E-state index in [-0.39, 0.29) is 35.3 Å². The van der Waals surface area contributed by atoms with Gasteiger partial charge in [0.15, 0.2) is 0 Å². The Morgan fingerprint density at radius 1 is 1.09 bits per heavy atom. The van der Waals surface area contributed by atoms with E-state index in [2.05, 4.69) is 25.9 Å². The van der Waals surface area contributed by atoms with Crippen molar-refractivity contribution in [1.29, 1.82) is 0 Å². The van der Waals surface area contributed by atoms with E-state index in [4.69, 9.17) is 4.74 Å². The molecule has 0 saturated heterocycles. The second-order valence-corrected chi connectivity index (χ2v) is 8.38. The summed E-state index contributed by atoms with van der Waals surface area (Å²) < 4.78 is 4.73. The maximum Gasteiger partial charge on any atom is 0.330 e. The second-order valence-electron chi connectivity index (χ2n) is 7.33. The quantitative estimate of drug-likeness (QED) is 0.321. The van der Waals surface area contributed by atoms with Gasteiger partial charge in [-0.1, -0.05) is 12.1 Å². The zero-order valence-corrected chi connectivity index (χ0v) is 19.7. The number of rotatable bonds is 9. The minimum atomic E-state index is -1.17. The number of esters is 1. The van der Waals surface area contributed by atoms with Crippen molar-refractivity contribution in [1.82, 2.24) is 25.9 Å². The van der Waals surface area contributed by atoms with Crippen LogP contribution < -0.4 is 16.0 Å². The third-order valence-electron chi connectivity index (χ3n) is 4.77. The molecule has 0 aliphatic rings. The number of thiophene rings is 1. The summed E-state index contributed by atoms with van der Waals surface area (Å²) in [7, 11) is 1.16. The van der Waals surface area contributed by atoms with Gasteiger partial charge in [0.2, 0.25) is 0 Å². The van der Waals surface area contributed by atoms with Crippen molar-refractivity contribution in [2.45, 2.75) is 19.5 Å². The van der Waals surface area contributed by atoms with Crippen LogP contribution in [-0.2, 0) is 16.1 Å². The Morgan fingerprint density at radius 3 is 2.57 bits per heavy atom. The van der Waals surface area contributed by atoms with Crippen LogP contribution >= 0.6 is 11.3 Å². The van der Waals surface area contributed by atoms with Crippen LogP contribution in [0, 0.1) is 6.92 Å². The number of carbonyl (C=O) groups excluding carboxylic acids is 4. The van der Waals surface area contributed by atoms with Crippen LogP contribution in [0.1, 0.15) is 41.0 Å². The number of ether oxygens (including phenoxy) is 1. The number of amides is 3. The van der Waals surface area contributed by atoms with Gasteiger partial charge in [0.05, 0.1) is 23.1 Å². The van der Waals surface area contributed by atoms with Gasteiger partial charge in [0, 0.05) is 25.5 Å². The first kappa shape index (κ1) is 25.3. The number of aryl methyl sites for hydroxylation is 1. The Bertz CT molecular complexity index is 1230. The molecular weight excluding hydrogens is 474 g/mol. The first-order valence-electron chi connectivity index (χ1n) is 10.4. The van der Waals surface area contributed by atoms with Crippen molar-refractivity contribution in [2.75, 3.05) is 13.7 Å². The third-order valence-corrected chi connectivity index (χ3v) is 6.00. The topological polar surface area (TPSA) is 160 Å². The lowest BCUT2D eigenvalue weighted by Crippen LogP contribution is -2.49. The van der Waals surface area contributed by atoms with Crippen LogP contribution in [-0.4, -0.2) is 58.5 Å². The maximum absolute atomic E-state index is 12.9. The van der Waals surface area contributed by atoms with Crippen LogP contribution in [0.2, 0.25) is 0 Å². The fourth-order valence-electron chi connectivity index (χ4n) is 3.02. The van der Waals surface area contributed by atoms with Crippen LogP contribution in [0.5, 0.6) is 5.75 Å². The highest BCUT2D eigenvalue weighted by atomic mass is 32.1. The fraction of sp³-hybridized carbons (Fsp3) is 0.217. The lowest BCUT2D eigenvalue weighted by molar-refractivity contribution is -0.142. The number of methoxy groups -OCH3 is 1. The molecule has 1 aromatic carbocycles. The van der Waals surface area contributed by atoms with E-state index >= 15 is 0 Å². The highest BCUT2D eigenvalue weighted by molar-refractivity contribution is 7.16. The minimum Gasteiger partial charge on any atom is -0.508 e. The molecule has 2 heterocycles. The Balaban J connectivity index is 1.63. The normalized spacial score (nSPS) is 11.3. The largest absolute Gasteiger partial charge is 0.508 e. The van der Waals surface area contributed by atoms with Crippen molar-refractivity contribution in [2.24, 2.45) is 0 Å². The molecule has 11 nitrogen and oxygen atoms in total. The van der Waals surface area contributed by atoms with Gasteiger partial charge in [-0.2, -0.15) is 0 Å². The van der Waals surface area contributed by atoms with Crippen LogP contribution in [0.4, 0.5) is 0 Å². The van der Waals surface area contributed by atoms with Crippen LogP contribution in [0.25, 0.3) is 0 Å². The molecule has 0 bridgehead atoms. The molecule has 0 unspecified atom stereocenters. The Labute approximate surface area is 204 Å². The SMILES string of the molecule is COC(=O)[C@H](CNC(=O)c1cnccn1)NC(=O)c1sc(C(=O)NCc2cccc(O)c2)cc1C. The van der Waals surface area contributed by atoms with Crippen molar-refractivity contribution < 1.29 is 29.0 Å². The number of phenolic OH excluding ortho intramolecular Hbond substituents is 1. The van der Waals surface area contributed by atoms with Crippen molar-refractivity contribution >= 4 is 35.0 Å². The second kappa shape index (κ2) is 11.7. The van der Waals surface area contributed by atoms with Gasteiger partial charge >= 0.3 is 5.97 Å². The molecule has 0 spiro atoms. The highest BCUT2D eigenvalue weighted by Crippen LogP contribution is 2.22. The Morgan fingerprint density at radius 2 is 1.89 bits per heavy atom. The minimum absolute atomic E-state index is 0.0536. The molecule has 3 aromatic rings. The summed E-state index contributed by atoms with van der Waals surface area (Å²) in [4.78, 5) is 58.0. The summed E-state index contributed by atoms with van der Waals surface area (Å²) in [6, 6.07) is 6.89. The van der Waals surface area contributed by atoms with Gasteiger partial charge in [0.1, 0.15) is 17.5 Å². The third kappa shape index (κ3) is 6.84. The number of nitrogens with one attached hydrogen (secondary N) is 3. The number of carbonyl (C=O) groups is 4. The van der Waals surface area contributed by atoms with E-state index in [1.807, 2.05) is 0 Å². The first-order valence-corrected chi connectivity index (χ1v) is 11.2. The number of hydrogen-bond donors (Lipinski definition) is 4. The predicted molar refractivity (Wildman–Crippen MR) is 126 cm³/mol. The van der Waals surface area contributed by atoms with Gasteiger partial charge < -0.3 is 25.8 Å². The molecular formula is C23H23N5O6S. The molecule has 0 aliphatic heterocycles. The molecule has 0 aliphatic carbocycles. The summed E-state index contributed by atoms with van der Waals surface area (Å²) in [5.74, 6) is -2.21. The summed E-state index contributed by atoms with van der Waals surface area (Å²) in [5.41, 5.74) is 1.31. The van der Waals surface area contributed by atoms with E-state index in [1.54, 1.807) is 25.1 Å². The Kier molecular flexibility index (Phi) is 8.46.